The lowest BCUT2D eigenvalue weighted by Crippen LogP contribution is -2.35. The predicted octanol–water partition coefficient (Wildman–Crippen LogP) is 3.52. The van der Waals surface area contributed by atoms with Crippen LogP contribution in [0.2, 0.25) is 0 Å². The van der Waals surface area contributed by atoms with E-state index in [4.69, 9.17) is 4.18 Å². The fourth-order valence-electron chi connectivity index (χ4n) is 3.25. The summed E-state index contributed by atoms with van der Waals surface area (Å²) in [6, 6.07) is 7.61. The maximum absolute atomic E-state index is 12.3. The highest BCUT2D eigenvalue weighted by molar-refractivity contribution is 7.85. The minimum absolute atomic E-state index is 0.0214. The molecule has 0 aliphatic rings. The zero-order valence-corrected chi connectivity index (χ0v) is 16.9. The molecule has 0 fully saturated rings. The molecule has 1 amide bonds. The number of hydrogen-bond acceptors (Lipinski definition) is 4. The molecule has 0 spiro atoms. The molecule has 0 aromatic heterocycles. The molecule has 1 N–H and O–H groups in total. The minimum atomic E-state index is -4.25. The van der Waals surface area contributed by atoms with Crippen LogP contribution < -0.4 is 8.91 Å². The number of nitrogens with one attached hydrogen (secondary N) is 1. The molecule has 2 aromatic rings. The van der Waals surface area contributed by atoms with Crippen molar-refractivity contribution in [3.63, 3.8) is 0 Å². The van der Waals surface area contributed by atoms with Gasteiger partial charge in [0.25, 0.3) is 0 Å². The summed E-state index contributed by atoms with van der Waals surface area (Å²) < 4.78 is 31.7. The number of carbonyl (C=O) groups excluding carboxylic acids is 1. The van der Waals surface area contributed by atoms with E-state index in [1.165, 1.54) is 0 Å². The van der Waals surface area contributed by atoms with Gasteiger partial charge in [0, 0.05) is 0 Å². The summed E-state index contributed by atoms with van der Waals surface area (Å²) in [7, 11) is -4.25. The zero-order chi connectivity index (χ0) is 19.6. The van der Waals surface area contributed by atoms with Gasteiger partial charge in [0.2, 0.25) is 5.91 Å². The standard InChI is InChI=1S/C20H25NO4S/c1-12-7-14(3)18(15(4)8-12)11-19(22)21-26(23,24)25-20-16(5)9-13(2)10-17(20)6/h7-10H,11H2,1-6H3,(H,21,22). The molecule has 0 unspecified atom stereocenters. The Kier molecular flexibility index (Phi) is 5.76. The van der Waals surface area contributed by atoms with Crippen LogP contribution in [0.4, 0.5) is 0 Å². The summed E-state index contributed by atoms with van der Waals surface area (Å²) in [5.41, 5.74) is 6.26. The van der Waals surface area contributed by atoms with E-state index in [1.54, 1.807) is 13.8 Å². The van der Waals surface area contributed by atoms with E-state index in [2.05, 4.69) is 0 Å². The monoisotopic (exact) mass is 375 g/mol. The molecule has 0 bridgehead atoms. The first kappa shape index (κ1) is 20.0. The molecule has 2 aromatic carbocycles. The van der Waals surface area contributed by atoms with Crippen LogP contribution in [0.25, 0.3) is 0 Å². The molecule has 0 atom stereocenters. The van der Waals surface area contributed by atoms with Gasteiger partial charge in [0.15, 0.2) is 0 Å². The number of aryl methyl sites for hydroxylation is 6. The molecule has 6 heteroatoms. The second-order valence-corrected chi connectivity index (χ2v) is 8.12. The highest BCUT2D eigenvalue weighted by atomic mass is 32.2. The van der Waals surface area contributed by atoms with Crippen LogP contribution in [0, 0.1) is 41.5 Å². The van der Waals surface area contributed by atoms with Gasteiger partial charge in [-0.15, -0.1) is 0 Å². The van der Waals surface area contributed by atoms with E-state index in [0.717, 1.165) is 27.8 Å². The largest absolute Gasteiger partial charge is 0.409 e. The average Bonchev–Trinajstić information content (AvgIpc) is 2.46. The van der Waals surface area contributed by atoms with Gasteiger partial charge in [0.1, 0.15) is 5.75 Å². The van der Waals surface area contributed by atoms with Gasteiger partial charge in [-0.2, -0.15) is 8.42 Å². The van der Waals surface area contributed by atoms with Crippen molar-refractivity contribution in [3.05, 3.63) is 63.2 Å². The van der Waals surface area contributed by atoms with Gasteiger partial charge in [-0.05, 0) is 69.4 Å². The highest BCUT2D eigenvalue weighted by Gasteiger charge is 2.20. The number of hydrogen-bond donors (Lipinski definition) is 1. The minimum Gasteiger partial charge on any atom is -0.366 e. The molecule has 140 valence electrons. The molecule has 0 saturated heterocycles. The molecule has 26 heavy (non-hydrogen) atoms. The van der Waals surface area contributed by atoms with Crippen molar-refractivity contribution in [1.82, 2.24) is 4.72 Å². The van der Waals surface area contributed by atoms with Crippen LogP contribution in [0.5, 0.6) is 5.75 Å². The van der Waals surface area contributed by atoms with E-state index in [1.807, 2.05) is 56.7 Å². The van der Waals surface area contributed by atoms with Crippen molar-refractivity contribution in [2.24, 2.45) is 0 Å². The highest BCUT2D eigenvalue weighted by Crippen LogP contribution is 2.25. The van der Waals surface area contributed by atoms with Crippen LogP contribution >= 0.6 is 0 Å². The van der Waals surface area contributed by atoms with Gasteiger partial charge in [-0.3, -0.25) is 4.79 Å². The lowest BCUT2D eigenvalue weighted by atomic mass is 9.97. The SMILES string of the molecule is Cc1cc(C)c(CC(=O)NS(=O)(=O)Oc2c(C)cc(C)cc2C)c(C)c1. The van der Waals surface area contributed by atoms with Crippen LogP contribution in [0.1, 0.15) is 38.9 Å². The third-order valence-electron chi connectivity index (χ3n) is 4.21. The summed E-state index contributed by atoms with van der Waals surface area (Å²) in [6.45, 7) is 11.3. The quantitative estimate of drug-likeness (QED) is 0.868. The van der Waals surface area contributed by atoms with Crippen LogP contribution in [-0.4, -0.2) is 14.3 Å². The number of carbonyl (C=O) groups is 1. The fraction of sp³-hybridized carbons (Fsp3) is 0.350. The topological polar surface area (TPSA) is 72.5 Å². The number of benzene rings is 2. The van der Waals surface area contributed by atoms with Crippen molar-refractivity contribution in [2.45, 2.75) is 48.0 Å². The summed E-state index contributed by atoms with van der Waals surface area (Å²) in [5, 5.41) is 0. The third kappa shape index (κ3) is 4.85. The molecular formula is C20H25NO4S. The van der Waals surface area contributed by atoms with Crippen molar-refractivity contribution >= 4 is 16.2 Å². The lowest BCUT2D eigenvalue weighted by Gasteiger charge is -2.14. The Balaban J connectivity index is 2.16. The van der Waals surface area contributed by atoms with Gasteiger partial charge in [-0.25, -0.2) is 4.72 Å². The first-order chi connectivity index (χ1) is 12.0. The Morgan fingerprint density at radius 2 is 1.27 bits per heavy atom. The molecule has 0 saturated carbocycles. The molecule has 0 aliphatic heterocycles. The number of rotatable bonds is 5. The van der Waals surface area contributed by atoms with Crippen LogP contribution in [-0.2, 0) is 21.5 Å². The van der Waals surface area contributed by atoms with Gasteiger partial charge < -0.3 is 4.18 Å². The van der Waals surface area contributed by atoms with Gasteiger partial charge >= 0.3 is 10.3 Å². The van der Waals surface area contributed by atoms with E-state index in [9.17, 15) is 13.2 Å². The molecule has 0 aliphatic carbocycles. The average molecular weight is 375 g/mol. The summed E-state index contributed by atoms with van der Waals surface area (Å²) >= 11 is 0. The second-order valence-electron chi connectivity index (χ2n) is 6.84. The van der Waals surface area contributed by atoms with E-state index in [-0.39, 0.29) is 12.2 Å². The Labute approximate surface area is 155 Å². The van der Waals surface area contributed by atoms with Crippen LogP contribution in [0.15, 0.2) is 24.3 Å². The molecule has 0 heterocycles. The number of amides is 1. The Bertz CT molecular complexity index is 916. The smallest absolute Gasteiger partial charge is 0.366 e. The Hall–Kier alpha value is -2.34. The summed E-state index contributed by atoms with van der Waals surface area (Å²) in [4.78, 5) is 12.3. The molecule has 2 rings (SSSR count). The third-order valence-corrected chi connectivity index (χ3v) is 5.08. The van der Waals surface area contributed by atoms with Gasteiger partial charge in [0.05, 0.1) is 6.42 Å². The second kappa shape index (κ2) is 7.50. The first-order valence-electron chi connectivity index (χ1n) is 8.38. The normalized spacial score (nSPS) is 11.3. The van der Waals surface area contributed by atoms with E-state index in [0.29, 0.717) is 11.1 Å². The van der Waals surface area contributed by atoms with Crippen molar-refractivity contribution in [1.29, 1.82) is 0 Å². The van der Waals surface area contributed by atoms with E-state index < -0.39 is 16.2 Å². The Morgan fingerprint density at radius 1 is 0.846 bits per heavy atom. The predicted molar refractivity (Wildman–Crippen MR) is 103 cm³/mol. The van der Waals surface area contributed by atoms with Gasteiger partial charge in [-0.1, -0.05) is 35.4 Å². The Morgan fingerprint density at radius 3 is 1.73 bits per heavy atom. The molecule has 5 nitrogen and oxygen atoms in total. The maximum Gasteiger partial charge on any atom is 0.409 e. The first-order valence-corrected chi connectivity index (χ1v) is 9.79. The molecule has 0 radical (unpaired) electrons. The lowest BCUT2D eigenvalue weighted by molar-refractivity contribution is -0.118. The zero-order valence-electron chi connectivity index (χ0n) is 16.1. The van der Waals surface area contributed by atoms with E-state index >= 15 is 0 Å². The molecular weight excluding hydrogens is 350 g/mol. The summed E-state index contributed by atoms with van der Waals surface area (Å²) in [5.74, 6) is -0.374. The van der Waals surface area contributed by atoms with Crippen LogP contribution in [0.3, 0.4) is 0 Å². The van der Waals surface area contributed by atoms with Crippen molar-refractivity contribution in [3.8, 4) is 5.75 Å². The van der Waals surface area contributed by atoms with Crippen molar-refractivity contribution in [2.75, 3.05) is 0 Å². The maximum atomic E-state index is 12.3. The van der Waals surface area contributed by atoms with Crippen molar-refractivity contribution < 1.29 is 17.4 Å². The fourth-order valence-corrected chi connectivity index (χ4v) is 4.13. The summed E-state index contributed by atoms with van der Waals surface area (Å²) in [6.07, 6.45) is -0.0214.